The van der Waals surface area contributed by atoms with Crippen molar-refractivity contribution in [2.45, 2.75) is 12.5 Å². The van der Waals surface area contributed by atoms with Gasteiger partial charge in [-0.2, -0.15) is 0 Å². The number of carbonyl (C=O) groups excluding carboxylic acids is 2. The number of aromatic nitrogens is 1. The average Bonchev–Trinajstić information content (AvgIpc) is 2.93. The van der Waals surface area contributed by atoms with Gasteiger partial charge in [0.2, 0.25) is 0 Å². The van der Waals surface area contributed by atoms with Crippen molar-refractivity contribution < 1.29 is 19.1 Å². The molecule has 1 amide bonds. The Morgan fingerprint density at radius 2 is 1.79 bits per heavy atom. The van der Waals surface area contributed by atoms with E-state index in [9.17, 15) is 19.1 Å². The topological polar surface area (TPSA) is 73.7 Å². The SMILES string of the molecule is CN(C)CCCN1C(=O)C(=O)C(=C(O)c2ccncc2)[C@@H]1c1ccc(F)cc1. The first-order valence-electron chi connectivity index (χ1n) is 8.99. The lowest BCUT2D eigenvalue weighted by Crippen LogP contribution is -2.32. The van der Waals surface area contributed by atoms with Crippen molar-refractivity contribution in [2.24, 2.45) is 0 Å². The van der Waals surface area contributed by atoms with E-state index >= 15 is 0 Å². The lowest BCUT2D eigenvalue weighted by molar-refractivity contribution is -0.139. The van der Waals surface area contributed by atoms with Gasteiger partial charge >= 0.3 is 0 Å². The van der Waals surface area contributed by atoms with E-state index in [1.807, 2.05) is 19.0 Å². The van der Waals surface area contributed by atoms with Crippen LogP contribution in [-0.4, -0.2) is 58.8 Å². The van der Waals surface area contributed by atoms with Gasteiger partial charge in [0.1, 0.15) is 11.6 Å². The maximum atomic E-state index is 13.4. The summed E-state index contributed by atoms with van der Waals surface area (Å²) >= 11 is 0. The zero-order valence-corrected chi connectivity index (χ0v) is 15.8. The minimum Gasteiger partial charge on any atom is -0.507 e. The number of hydrogen-bond donors (Lipinski definition) is 1. The van der Waals surface area contributed by atoms with Crippen LogP contribution in [0, 0.1) is 5.82 Å². The molecule has 28 heavy (non-hydrogen) atoms. The van der Waals surface area contributed by atoms with Gasteiger partial charge in [0, 0.05) is 24.5 Å². The van der Waals surface area contributed by atoms with Gasteiger partial charge in [0.05, 0.1) is 11.6 Å². The molecule has 1 saturated heterocycles. The van der Waals surface area contributed by atoms with Gasteiger partial charge < -0.3 is 14.9 Å². The highest BCUT2D eigenvalue weighted by atomic mass is 19.1. The number of likely N-dealkylation sites (tertiary alicyclic amines) is 1. The molecule has 7 heteroatoms. The average molecular weight is 383 g/mol. The Labute approximate surface area is 162 Å². The summed E-state index contributed by atoms with van der Waals surface area (Å²) in [6.07, 6.45) is 3.65. The molecule has 2 aromatic rings. The van der Waals surface area contributed by atoms with Crippen LogP contribution in [0.3, 0.4) is 0 Å². The fraction of sp³-hybridized carbons (Fsp3) is 0.286. The standard InChI is InChI=1S/C21H22FN3O3/c1-24(2)12-3-13-25-18(14-4-6-16(22)7-5-14)17(20(27)21(25)28)19(26)15-8-10-23-11-9-15/h4-11,18,26H,3,12-13H2,1-2H3/t18-/m0/s1. The van der Waals surface area contributed by atoms with Crippen LogP contribution in [-0.2, 0) is 9.59 Å². The molecule has 1 aromatic heterocycles. The predicted octanol–water partition coefficient (Wildman–Crippen LogP) is 2.59. The zero-order valence-electron chi connectivity index (χ0n) is 15.8. The first-order valence-corrected chi connectivity index (χ1v) is 8.99. The maximum absolute atomic E-state index is 13.4. The normalized spacial score (nSPS) is 18.9. The first kappa shape index (κ1) is 19.7. The number of hydrogen-bond acceptors (Lipinski definition) is 5. The lowest BCUT2D eigenvalue weighted by atomic mass is 9.95. The molecule has 2 heterocycles. The summed E-state index contributed by atoms with van der Waals surface area (Å²) in [5.74, 6) is -2.08. The molecule has 0 aliphatic carbocycles. The third kappa shape index (κ3) is 3.94. The zero-order chi connectivity index (χ0) is 20.3. The highest BCUT2D eigenvalue weighted by molar-refractivity contribution is 6.46. The Morgan fingerprint density at radius 1 is 1.14 bits per heavy atom. The molecule has 3 rings (SSSR count). The van der Waals surface area contributed by atoms with Gasteiger partial charge in [0.15, 0.2) is 0 Å². The predicted molar refractivity (Wildman–Crippen MR) is 103 cm³/mol. The van der Waals surface area contributed by atoms with Crippen molar-refractivity contribution in [3.05, 3.63) is 71.3 Å². The van der Waals surface area contributed by atoms with Gasteiger partial charge in [-0.05, 0) is 56.9 Å². The first-order chi connectivity index (χ1) is 13.4. The molecule has 1 N–H and O–H groups in total. The number of carbonyl (C=O) groups is 2. The van der Waals surface area contributed by atoms with Crippen molar-refractivity contribution in [3.8, 4) is 0 Å². The number of benzene rings is 1. The number of rotatable bonds is 6. The van der Waals surface area contributed by atoms with Crippen LogP contribution in [0.2, 0.25) is 0 Å². The third-order valence-corrected chi connectivity index (χ3v) is 4.68. The second-order valence-electron chi connectivity index (χ2n) is 6.94. The summed E-state index contributed by atoms with van der Waals surface area (Å²) in [5, 5.41) is 10.8. The molecule has 0 unspecified atom stereocenters. The van der Waals surface area contributed by atoms with E-state index in [2.05, 4.69) is 4.98 Å². The second-order valence-corrected chi connectivity index (χ2v) is 6.94. The number of nitrogens with zero attached hydrogens (tertiary/aromatic N) is 3. The van der Waals surface area contributed by atoms with Crippen molar-refractivity contribution in [2.75, 3.05) is 27.2 Å². The Morgan fingerprint density at radius 3 is 2.39 bits per heavy atom. The fourth-order valence-electron chi connectivity index (χ4n) is 3.32. The number of ketones is 1. The number of Topliss-reactive ketones (excluding diaryl/α,β-unsaturated/α-hetero) is 1. The van der Waals surface area contributed by atoms with Crippen molar-refractivity contribution in [1.82, 2.24) is 14.8 Å². The number of halogens is 1. The molecule has 1 aliphatic heterocycles. The molecule has 1 atom stereocenters. The number of pyridine rings is 1. The quantitative estimate of drug-likeness (QED) is 0.472. The van der Waals surface area contributed by atoms with E-state index in [0.29, 0.717) is 24.1 Å². The van der Waals surface area contributed by atoms with Crippen LogP contribution < -0.4 is 0 Å². The molecule has 6 nitrogen and oxygen atoms in total. The molecule has 1 fully saturated rings. The Hall–Kier alpha value is -3.06. The Balaban J connectivity index is 2.07. The van der Waals surface area contributed by atoms with Gasteiger partial charge in [-0.1, -0.05) is 12.1 Å². The van der Waals surface area contributed by atoms with Crippen LogP contribution in [0.4, 0.5) is 4.39 Å². The molecule has 1 aromatic carbocycles. The van der Waals surface area contributed by atoms with E-state index in [1.54, 1.807) is 12.1 Å². The minimum atomic E-state index is -0.768. The van der Waals surface area contributed by atoms with E-state index in [1.165, 1.54) is 41.6 Å². The van der Waals surface area contributed by atoms with Crippen LogP contribution in [0.5, 0.6) is 0 Å². The van der Waals surface area contributed by atoms with Crippen LogP contribution >= 0.6 is 0 Å². The smallest absolute Gasteiger partial charge is 0.295 e. The Kier molecular flexibility index (Phi) is 5.84. The molecule has 146 valence electrons. The van der Waals surface area contributed by atoms with Gasteiger partial charge in [0.25, 0.3) is 11.7 Å². The van der Waals surface area contributed by atoms with Gasteiger partial charge in [-0.3, -0.25) is 14.6 Å². The van der Waals surface area contributed by atoms with E-state index in [4.69, 9.17) is 0 Å². The molecule has 0 radical (unpaired) electrons. The summed E-state index contributed by atoms with van der Waals surface area (Å²) in [5.41, 5.74) is 0.974. The van der Waals surface area contributed by atoms with Crippen LogP contribution in [0.15, 0.2) is 54.4 Å². The summed E-state index contributed by atoms with van der Waals surface area (Å²) in [4.78, 5) is 32.8. The minimum absolute atomic E-state index is 0.00709. The monoisotopic (exact) mass is 383 g/mol. The summed E-state index contributed by atoms with van der Waals surface area (Å²) in [6, 6.07) is 7.99. The van der Waals surface area contributed by atoms with Crippen molar-refractivity contribution >= 4 is 17.4 Å². The summed E-state index contributed by atoms with van der Waals surface area (Å²) < 4.78 is 13.4. The van der Waals surface area contributed by atoms with Crippen molar-refractivity contribution in [1.29, 1.82) is 0 Å². The fourth-order valence-corrected chi connectivity index (χ4v) is 3.32. The molecule has 0 bridgehead atoms. The molecule has 1 aliphatic rings. The van der Waals surface area contributed by atoms with Gasteiger partial charge in [-0.15, -0.1) is 0 Å². The maximum Gasteiger partial charge on any atom is 0.295 e. The van der Waals surface area contributed by atoms with Gasteiger partial charge in [-0.25, -0.2) is 4.39 Å². The number of aliphatic hydroxyl groups excluding tert-OH is 1. The third-order valence-electron chi connectivity index (χ3n) is 4.68. The van der Waals surface area contributed by atoms with E-state index < -0.39 is 23.5 Å². The Bertz CT molecular complexity index is 895. The largest absolute Gasteiger partial charge is 0.507 e. The molecule has 0 saturated carbocycles. The van der Waals surface area contributed by atoms with Crippen LogP contribution in [0.1, 0.15) is 23.6 Å². The molecular weight excluding hydrogens is 361 g/mol. The summed E-state index contributed by atoms with van der Waals surface area (Å²) in [7, 11) is 3.85. The summed E-state index contributed by atoms with van der Waals surface area (Å²) in [6.45, 7) is 1.08. The highest BCUT2D eigenvalue weighted by Gasteiger charge is 2.45. The number of aliphatic hydroxyl groups is 1. The molecular formula is C21H22FN3O3. The number of amides is 1. The highest BCUT2D eigenvalue weighted by Crippen LogP contribution is 2.39. The lowest BCUT2D eigenvalue weighted by Gasteiger charge is -2.26. The van der Waals surface area contributed by atoms with E-state index in [0.717, 1.165) is 6.54 Å². The second kappa shape index (κ2) is 8.31. The van der Waals surface area contributed by atoms with Crippen molar-refractivity contribution in [3.63, 3.8) is 0 Å². The van der Waals surface area contributed by atoms with E-state index in [-0.39, 0.29) is 11.3 Å². The molecule has 0 spiro atoms. The van der Waals surface area contributed by atoms with Crippen LogP contribution in [0.25, 0.3) is 5.76 Å².